The second kappa shape index (κ2) is 3.75. The Morgan fingerprint density at radius 2 is 1.50 bits per heavy atom. The molecule has 2 bridgehead atoms. The van der Waals surface area contributed by atoms with Crippen LogP contribution in [-0.4, -0.2) is 0 Å². The standard InChI is InChI=1S/C16H26/c1-3-11(4-1)7-13-8-15-9-14(13)10-16(15)12-5-2-6-12/h11-16H,1-10H2. The van der Waals surface area contributed by atoms with Crippen molar-refractivity contribution >= 4 is 0 Å². The van der Waals surface area contributed by atoms with E-state index in [2.05, 4.69) is 0 Å². The summed E-state index contributed by atoms with van der Waals surface area (Å²) in [6.07, 6.45) is 15.9. The van der Waals surface area contributed by atoms with Gasteiger partial charge in [0.05, 0.1) is 0 Å². The lowest BCUT2D eigenvalue weighted by Crippen LogP contribution is -2.29. The maximum absolute atomic E-state index is 1.65. The van der Waals surface area contributed by atoms with Crippen molar-refractivity contribution in [3.8, 4) is 0 Å². The molecule has 0 radical (unpaired) electrons. The molecule has 0 heterocycles. The first-order chi connectivity index (χ1) is 7.90. The highest BCUT2D eigenvalue weighted by Gasteiger charge is 2.49. The Kier molecular flexibility index (Phi) is 2.34. The van der Waals surface area contributed by atoms with Crippen LogP contribution in [0.3, 0.4) is 0 Å². The third-order valence-electron chi connectivity index (χ3n) is 6.67. The van der Waals surface area contributed by atoms with Crippen molar-refractivity contribution in [1.82, 2.24) is 0 Å². The Hall–Kier alpha value is 0. The minimum absolute atomic E-state index is 1.16. The topological polar surface area (TPSA) is 0 Å². The third-order valence-corrected chi connectivity index (χ3v) is 6.67. The Balaban J connectivity index is 1.35. The summed E-state index contributed by atoms with van der Waals surface area (Å²) in [4.78, 5) is 0. The number of hydrogen-bond acceptors (Lipinski definition) is 0. The molecule has 0 heteroatoms. The molecule has 0 aromatic heterocycles. The van der Waals surface area contributed by atoms with E-state index < -0.39 is 0 Å². The third kappa shape index (κ3) is 1.48. The smallest absolute Gasteiger partial charge is 0.0354 e. The van der Waals surface area contributed by atoms with Crippen LogP contribution in [0.25, 0.3) is 0 Å². The van der Waals surface area contributed by atoms with Crippen molar-refractivity contribution in [3.63, 3.8) is 0 Å². The summed E-state index contributed by atoms with van der Waals surface area (Å²) < 4.78 is 0. The fourth-order valence-corrected chi connectivity index (χ4v) is 5.33. The van der Waals surface area contributed by atoms with Gasteiger partial charge in [0.2, 0.25) is 0 Å². The van der Waals surface area contributed by atoms with E-state index in [1.807, 2.05) is 0 Å². The van der Waals surface area contributed by atoms with Gasteiger partial charge >= 0.3 is 0 Å². The highest BCUT2D eigenvalue weighted by Crippen LogP contribution is 2.58. The minimum atomic E-state index is 1.16. The Morgan fingerprint density at radius 1 is 0.688 bits per heavy atom. The Bertz CT molecular complexity index is 261. The first-order valence-corrected chi connectivity index (χ1v) is 7.90. The summed E-state index contributed by atoms with van der Waals surface area (Å²) in [7, 11) is 0. The van der Waals surface area contributed by atoms with Gasteiger partial charge in [0.25, 0.3) is 0 Å². The molecular formula is C16H26. The van der Waals surface area contributed by atoms with Crippen molar-refractivity contribution < 1.29 is 0 Å². The van der Waals surface area contributed by atoms with Crippen LogP contribution < -0.4 is 0 Å². The Labute approximate surface area is 100 Å². The van der Waals surface area contributed by atoms with Gasteiger partial charge in [-0.2, -0.15) is 0 Å². The molecule has 0 N–H and O–H groups in total. The predicted octanol–water partition coefficient (Wildman–Crippen LogP) is 4.64. The van der Waals surface area contributed by atoms with Crippen LogP contribution in [0.5, 0.6) is 0 Å². The molecule has 0 aromatic rings. The maximum Gasteiger partial charge on any atom is -0.0354 e. The zero-order valence-electron chi connectivity index (χ0n) is 10.5. The lowest BCUT2D eigenvalue weighted by atomic mass is 9.66. The summed E-state index contributed by atoms with van der Waals surface area (Å²) in [5, 5.41) is 0. The van der Waals surface area contributed by atoms with Crippen LogP contribution >= 0.6 is 0 Å². The second-order valence-electron chi connectivity index (χ2n) is 7.37. The highest BCUT2D eigenvalue weighted by atomic mass is 14.5. The molecule has 16 heavy (non-hydrogen) atoms. The molecular weight excluding hydrogens is 192 g/mol. The molecule has 4 fully saturated rings. The number of hydrogen-bond donors (Lipinski definition) is 0. The fourth-order valence-electron chi connectivity index (χ4n) is 5.33. The molecule has 4 aliphatic carbocycles. The van der Waals surface area contributed by atoms with Gasteiger partial charge in [0.15, 0.2) is 0 Å². The van der Waals surface area contributed by atoms with Crippen molar-refractivity contribution in [3.05, 3.63) is 0 Å². The molecule has 4 atom stereocenters. The minimum Gasteiger partial charge on any atom is -0.0528 e. The van der Waals surface area contributed by atoms with Gasteiger partial charge in [-0.25, -0.2) is 0 Å². The molecule has 4 rings (SSSR count). The van der Waals surface area contributed by atoms with E-state index in [9.17, 15) is 0 Å². The van der Waals surface area contributed by atoms with Crippen LogP contribution in [-0.2, 0) is 0 Å². The first-order valence-electron chi connectivity index (χ1n) is 7.90. The van der Waals surface area contributed by atoms with Gasteiger partial charge in [0.1, 0.15) is 0 Å². The van der Waals surface area contributed by atoms with Crippen molar-refractivity contribution in [1.29, 1.82) is 0 Å². The average Bonchev–Trinajstić information content (AvgIpc) is 2.67. The molecule has 0 saturated heterocycles. The summed E-state index contributed by atoms with van der Waals surface area (Å²) >= 11 is 0. The van der Waals surface area contributed by atoms with E-state index in [0.29, 0.717) is 0 Å². The van der Waals surface area contributed by atoms with Gasteiger partial charge < -0.3 is 0 Å². The predicted molar refractivity (Wildman–Crippen MR) is 67.1 cm³/mol. The maximum atomic E-state index is 1.65. The summed E-state index contributed by atoms with van der Waals surface area (Å²) in [6, 6.07) is 0. The summed E-state index contributed by atoms with van der Waals surface area (Å²) in [5.41, 5.74) is 0. The van der Waals surface area contributed by atoms with Crippen molar-refractivity contribution in [2.75, 3.05) is 0 Å². The SMILES string of the molecule is C1CC(CC2CC3CC2CC3C2CCC2)C1. The fraction of sp³-hybridized carbons (Fsp3) is 1.00. The van der Waals surface area contributed by atoms with Crippen LogP contribution in [0.2, 0.25) is 0 Å². The second-order valence-corrected chi connectivity index (χ2v) is 7.37. The lowest BCUT2D eigenvalue weighted by Gasteiger charge is -2.39. The van der Waals surface area contributed by atoms with Gasteiger partial charge in [-0.05, 0) is 61.2 Å². The molecule has 0 aliphatic heterocycles. The largest absolute Gasteiger partial charge is 0.0528 e. The van der Waals surface area contributed by atoms with Gasteiger partial charge in [0, 0.05) is 0 Å². The van der Waals surface area contributed by atoms with Gasteiger partial charge in [-0.15, -0.1) is 0 Å². The molecule has 4 unspecified atom stereocenters. The molecule has 0 nitrogen and oxygen atoms in total. The lowest BCUT2D eigenvalue weighted by molar-refractivity contribution is 0.110. The van der Waals surface area contributed by atoms with E-state index in [-0.39, 0.29) is 0 Å². The van der Waals surface area contributed by atoms with Gasteiger partial charge in [-0.1, -0.05) is 38.5 Å². The van der Waals surface area contributed by atoms with E-state index in [1.54, 1.807) is 57.8 Å². The van der Waals surface area contributed by atoms with Crippen LogP contribution in [0.1, 0.15) is 64.2 Å². The van der Waals surface area contributed by atoms with Crippen LogP contribution in [0.4, 0.5) is 0 Å². The van der Waals surface area contributed by atoms with Crippen LogP contribution in [0.15, 0.2) is 0 Å². The number of fused-ring (bicyclic) bond motifs is 2. The normalized spacial score (nSPS) is 48.0. The van der Waals surface area contributed by atoms with E-state index in [1.165, 1.54) is 36.0 Å². The molecule has 4 aliphatic rings. The molecule has 0 aromatic carbocycles. The zero-order chi connectivity index (χ0) is 10.5. The monoisotopic (exact) mass is 218 g/mol. The quantitative estimate of drug-likeness (QED) is 0.647. The first kappa shape index (κ1) is 9.97. The molecule has 4 saturated carbocycles. The Morgan fingerprint density at radius 3 is 2.00 bits per heavy atom. The molecule has 0 spiro atoms. The van der Waals surface area contributed by atoms with Gasteiger partial charge in [-0.3, -0.25) is 0 Å². The molecule has 0 amide bonds. The van der Waals surface area contributed by atoms with E-state index in [0.717, 1.165) is 5.92 Å². The van der Waals surface area contributed by atoms with Crippen molar-refractivity contribution in [2.24, 2.45) is 35.5 Å². The summed E-state index contributed by atoms with van der Waals surface area (Å²) in [6.45, 7) is 0. The van der Waals surface area contributed by atoms with Crippen molar-refractivity contribution in [2.45, 2.75) is 64.2 Å². The average molecular weight is 218 g/mol. The zero-order valence-corrected chi connectivity index (χ0v) is 10.5. The highest BCUT2D eigenvalue weighted by molar-refractivity contribution is 4.99. The molecule has 90 valence electrons. The van der Waals surface area contributed by atoms with Crippen LogP contribution in [0, 0.1) is 35.5 Å². The number of rotatable bonds is 3. The van der Waals surface area contributed by atoms with E-state index in [4.69, 9.17) is 0 Å². The summed E-state index contributed by atoms with van der Waals surface area (Å²) in [5.74, 6) is 7.06. The van der Waals surface area contributed by atoms with E-state index >= 15 is 0 Å².